The van der Waals surface area contributed by atoms with Gasteiger partial charge in [0.15, 0.2) is 0 Å². The average Bonchev–Trinajstić information content (AvgIpc) is 3.29. The molecule has 2 atom stereocenters. The minimum atomic E-state index is 0.719. The summed E-state index contributed by atoms with van der Waals surface area (Å²) in [6.07, 6.45) is 5.06. The van der Waals surface area contributed by atoms with Crippen molar-refractivity contribution in [1.29, 1.82) is 0 Å². The molecule has 2 fully saturated rings. The fourth-order valence-corrected chi connectivity index (χ4v) is 4.74. The van der Waals surface area contributed by atoms with Crippen molar-refractivity contribution in [1.82, 2.24) is 19.9 Å². The van der Waals surface area contributed by atoms with Gasteiger partial charge in [-0.15, -0.1) is 0 Å². The van der Waals surface area contributed by atoms with Gasteiger partial charge in [-0.3, -0.25) is 4.90 Å². The van der Waals surface area contributed by atoms with Gasteiger partial charge in [-0.2, -0.15) is 0 Å². The summed E-state index contributed by atoms with van der Waals surface area (Å²) >= 11 is 0. The van der Waals surface area contributed by atoms with E-state index in [2.05, 4.69) is 33.6 Å². The Labute approximate surface area is 148 Å². The highest BCUT2D eigenvalue weighted by Gasteiger charge is 2.41. The van der Waals surface area contributed by atoms with E-state index in [1.54, 1.807) is 6.33 Å². The van der Waals surface area contributed by atoms with Crippen molar-refractivity contribution in [3.63, 3.8) is 0 Å². The van der Waals surface area contributed by atoms with Crippen LogP contribution >= 0.6 is 0 Å². The van der Waals surface area contributed by atoms with E-state index in [4.69, 9.17) is 9.40 Å². The van der Waals surface area contributed by atoms with Crippen molar-refractivity contribution in [2.75, 3.05) is 31.1 Å². The first-order valence-corrected chi connectivity index (χ1v) is 9.40. The van der Waals surface area contributed by atoms with Gasteiger partial charge in [0.05, 0.1) is 12.2 Å². The molecule has 2 aliphatic heterocycles. The van der Waals surface area contributed by atoms with Crippen molar-refractivity contribution in [3.05, 3.63) is 34.9 Å². The number of anilines is 1. The fourth-order valence-electron chi connectivity index (χ4n) is 4.74. The highest BCUT2D eigenvalue weighted by Crippen LogP contribution is 2.35. The van der Waals surface area contributed by atoms with Crippen molar-refractivity contribution in [3.8, 4) is 0 Å². The molecule has 0 radical (unpaired) electrons. The third-order valence-electron chi connectivity index (χ3n) is 6.17. The number of aryl methyl sites for hydroxylation is 3. The van der Waals surface area contributed by atoms with Crippen molar-refractivity contribution < 1.29 is 4.42 Å². The lowest BCUT2D eigenvalue weighted by Gasteiger charge is -2.23. The monoisotopic (exact) mass is 339 g/mol. The summed E-state index contributed by atoms with van der Waals surface area (Å²) in [6, 6.07) is 0. The Bertz CT molecular complexity index is 766. The highest BCUT2D eigenvalue weighted by molar-refractivity contribution is 5.48. The van der Waals surface area contributed by atoms with E-state index in [0.717, 1.165) is 80.6 Å². The van der Waals surface area contributed by atoms with E-state index in [1.807, 2.05) is 0 Å². The van der Waals surface area contributed by atoms with Gasteiger partial charge < -0.3 is 9.32 Å². The van der Waals surface area contributed by atoms with Crippen LogP contribution < -0.4 is 4.90 Å². The molecule has 0 spiro atoms. The van der Waals surface area contributed by atoms with E-state index < -0.39 is 0 Å². The summed E-state index contributed by atoms with van der Waals surface area (Å²) < 4.78 is 5.95. The lowest BCUT2D eigenvalue weighted by atomic mass is 10.0. The van der Waals surface area contributed by atoms with E-state index in [9.17, 15) is 0 Å². The molecule has 6 heteroatoms. The van der Waals surface area contributed by atoms with Crippen LogP contribution in [0.3, 0.4) is 0 Å². The molecule has 6 nitrogen and oxygen atoms in total. The minimum absolute atomic E-state index is 0.719. The van der Waals surface area contributed by atoms with Crippen LogP contribution in [0, 0.1) is 25.7 Å². The molecular formula is C19H25N5O. The van der Waals surface area contributed by atoms with E-state index in [-0.39, 0.29) is 0 Å². The molecule has 132 valence electrons. The Morgan fingerprint density at radius 3 is 2.64 bits per heavy atom. The van der Waals surface area contributed by atoms with Gasteiger partial charge in [0.25, 0.3) is 0 Å². The Hall–Kier alpha value is -1.95. The van der Waals surface area contributed by atoms with E-state index in [1.165, 1.54) is 17.7 Å². The Kier molecular flexibility index (Phi) is 3.55. The maximum atomic E-state index is 5.95. The van der Waals surface area contributed by atoms with Gasteiger partial charge in [-0.25, -0.2) is 15.0 Å². The van der Waals surface area contributed by atoms with Crippen LogP contribution in [0.2, 0.25) is 0 Å². The van der Waals surface area contributed by atoms with Crippen LogP contribution in [0.25, 0.3) is 0 Å². The third-order valence-corrected chi connectivity index (χ3v) is 6.17. The number of hydrogen-bond donors (Lipinski definition) is 0. The first-order valence-electron chi connectivity index (χ1n) is 9.40. The van der Waals surface area contributed by atoms with E-state index >= 15 is 0 Å². The predicted octanol–water partition coefficient (Wildman–Crippen LogP) is 2.14. The van der Waals surface area contributed by atoms with Crippen LogP contribution in [-0.2, 0) is 19.4 Å². The predicted molar refractivity (Wildman–Crippen MR) is 94.5 cm³/mol. The van der Waals surface area contributed by atoms with Gasteiger partial charge in [0.2, 0.25) is 5.89 Å². The molecule has 0 aromatic carbocycles. The molecule has 0 bridgehead atoms. The maximum absolute atomic E-state index is 5.95. The van der Waals surface area contributed by atoms with Gasteiger partial charge in [-0.1, -0.05) is 0 Å². The molecular weight excluding hydrogens is 314 g/mol. The van der Waals surface area contributed by atoms with Gasteiger partial charge >= 0.3 is 0 Å². The number of likely N-dealkylation sites (tertiary alicyclic amines) is 1. The second kappa shape index (κ2) is 5.80. The maximum Gasteiger partial charge on any atom is 0.208 e. The lowest BCUT2D eigenvalue weighted by molar-refractivity contribution is 0.270. The normalized spacial score (nSPS) is 25.6. The van der Waals surface area contributed by atoms with Gasteiger partial charge in [0.1, 0.15) is 17.9 Å². The zero-order valence-electron chi connectivity index (χ0n) is 15.0. The lowest BCUT2D eigenvalue weighted by Crippen LogP contribution is -2.29. The molecule has 0 saturated carbocycles. The fraction of sp³-hybridized carbons (Fsp3) is 0.632. The molecule has 4 heterocycles. The average molecular weight is 339 g/mol. The molecule has 2 aromatic rings. The highest BCUT2D eigenvalue weighted by atomic mass is 16.4. The molecule has 0 N–H and O–H groups in total. The quantitative estimate of drug-likeness (QED) is 0.854. The Morgan fingerprint density at radius 1 is 1.08 bits per heavy atom. The number of aromatic nitrogens is 3. The number of rotatable bonds is 3. The summed E-state index contributed by atoms with van der Waals surface area (Å²) in [5.74, 6) is 4.62. The van der Waals surface area contributed by atoms with Crippen LogP contribution in [0.5, 0.6) is 0 Å². The number of nitrogens with zero attached hydrogens (tertiary/aromatic N) is 5. The molecule has 2 unspecified atom stereocenters. The summed E-state index contributed by atoms with van der Waals surface area (Å²) in [5, 5.41) is 0. The van der Waals surface area contributed by atoms with Crippen LogP contribution in [0.4, 0.5) is 5.82 Å². The van der Waals surface area contributed by atoms with Crippen LogP contribution in [0.1, 0.15) is 35.0 Å². The zero-order valence-corrected chi connectivity index (χ0v) is 15.0. The number of hydrogen-bond acceptors (Lipinski definition) is 6. The minimum Gasteiger partial charge on any atom is -0.444 e. The SMILES string of the molecule is Cc1ncnc(N2CC3CN(Cc4nc5c(o4)CCC5)CC3C2)c1C. The molecule has 25 heavy (non-hydrogen) atoms. The van der Waals surface area contributed by atoms with Crippen LogP contribution in [-0.4, -0.2) is 46.0 Å². The number of fused-ring (bicyclic) bond motifs is 2. The van der Waals surface area contributed by atoms with Crippen molar-refractivity contribution in [2.45, 2.75) is 39.7 Å². The topological polar surface area (TPSA) is 58.3 Å². The summed E-state index contributed by atoms with van der Waals surface area (Å²) in [6.45, 7) is 9.53. The first-order chi connectivity index (χ1) is 12.2. The Balaban J connectivity index is 1.23. The summed E-state index contributed by atoms with van der Waals surface area (Å²) in [4.78, 5) is 18.5. The molecule has 2 aromatic heterocycles. The van der Waals surface area contributed by atoms with Gasteiger partial charge in [0, 0.05) is 43.9 Å². The molecule has 3 aliphatic rings. The molecule has 5 rings (SSSR count). The van der Waals surface area contributed by atoms with Crippen molar-refractivity contribution in [2.24, 2.45) is 11.8 Å². The van der Waals surface area contributed by atoms with Crippen molar-refractivity contribution >= 4 is 5.82 Å². The second-order valence-electron chi connectivity index (χ2n) is 7.86. The first kappa shape index (κ1) is 15.3. The summed E-state index contributed by atoms with van der Waals surface area (Å²) in [7, 11) is 0. The third kappa shape index (κ3) is 2.63. The molecule has 2 saturated heterocycles. The zero-order chi connectivity index (χ0) is 17.0. The van der Waals surface area contributed by atoms with E-state index in [0.29, 0.717) is 0 Å². The molecule has 0 amide bonds. The standard InChI is InChI=1S/C19H25N5O/c1-12-13(2)20-11-21-19(12)24-8-14-6-23(7-15(14)9-24)10-18-22-16-4-3-5-17(16)25-18/h11,14-15H,3-10H2,1-2H3. The van der Waals surface area contributed by atoms with Crippen LogP contribution in [0.15, 0.2) is 10.7 Å². The smallest absolute Gasteiger partial charge is 0.208 e. The number of oxazole rings is 1. The Morgan fingerprint density at radius 2 is 1.88 bits per heavy atom. The second-order valence-corrected chi connectivity index (χ2v) is 7.86. The van der Waals surface area contributed by atoms with Gasteiger partial charge in [-0.05, 0) is 38.5 Å². The molecule has 1 aliphatic carbocycles. The largest absolute Gasteiger partial charge is 0.444 e. The summed E-state index contributed by atoms with van der Waals surface area (Å²) in [5.41, 5.74) is 3.50.